The molecule has 0 aliphatic rings. The molecular weight excluding hydrogens is 254 g/mol. The van der Waals surface area contributed by atoms with Gasteiger partial charge in [0.2, 0.25) is 0 Å². The molecule has 0 aliphatic carbocycles. The quantitative estimate of drug-likeness (QED) is 0.672. The molecule has 1 rings (SSSR count). The van der Waals surface area contributed by atoms with Crippen LogP contribution in [0.5, 0.6) is 0 Å². The third-order valence-corrected chi connectivity index (χ3v) is 1.15. The van der Waals surface area contributed by atoms with Gasteiger partial charge in [0.25, 0.3) is 0 Å². The van der Waals surface area contributed by atoms with Crippen LogP contribution in [0.15, 0.2) is 12.4 Å². The molecule has 1 heterocycles. The zero-order valence-corrected chi connectivity index (χ0v) is 5.50. The molecule has 0 unspecified atom stereocenters. The Hall–Kier alpha value is -0.154. The van der Waals surface area contributed by atoms with Crippen molar-refractivity contribution < 1.29 is 18.6 Å². The second kappa shape index (κ2) is 1.53. The third-order valence-electron chi connectivity index (χ3n) is 0.458. The van der Waals surface area contributed by atoms with Gasteiger partial charge in [0, 0.05) is 0 Å². The van der Waals surface area contributed by atoms with E-state index in [-0.39, 0.29) is 0 Å². The fourth-order valence-corrected chi connectivity index (χ4v) is 0.643. The van der Waals surface area contributed by atoms with Crippen molar-refractivity contribution in [3.63, 3.8) is 0 Å². The maximum atomic E-state index is 3.87. The molecule has 0 amide bonds. The monoisotopic (exact) mass is 259 g/mol. The van der Waals surface area contributed by atoms with Gasteiger partial charge in [0.05, 0.1) is 0 Å². The van der Waals surface area contributed by atoms with Crippen molar-refractivity contribution in [3.8, 4) is 0 Å². The molecule has 0 saturated heterocycles. The molecule has 0 atom stereocenters. The van der Waals surface area contributed by atoms with E-state index in [0.29, 0.717) is 0 Å². The molecule has 33 valence electrons. The predicted molar refractivity (Wildman–Crippen MR) is 18.2 cm³/mol. The number of hydrogen-bond donors (Lipinski definition) is 1. The van der Waals surface area contributed by atoms with E-state index >= 15 is 0 Å². The van der Waals surface area contributed by atoms with Crippen LogP contribution in [0.2, 0.25) is 0 Å². The van der Waals surface area contributed by atoms with Crippen molar-refractivity contribution in [2.75, 3.05) is 0 Å². The van der Waals surface area contributed by atoms with Crippen LogP contribution < -0.4 is 4.38 Å². The first-order chi connectivity index (χ1) is 2.89. The van der Waals surface area contributed by atoms with E-state index < -0.39 is 0 Å². The van der Waals surface area contributed by atoms with E-state index in [2.05, 4.69) is 9.97 Å². The number of H-pyrrole nitrogens is 1. The molecule has 0 spiro atoms. The van der Waals surface area contributed by atoms with Gasteiger partial charge in [-0.2, -0.15) is 0 Å². The van der Waals surface area contributed by atoms with Gasteiger partial charge in [-0.3, -0.25) is 0 Å². The summed E-state index contributed by atoms with van der Waals surface area (Å²) in [5, 5.41) is 0. The molecule has 0 bridgehead atoms. The Balaban J connectivity index is 3.05. The molecule has 2 nitrogen and oxygen atoms in total. The van der Waals surface area contributed by atoms with Crippen LogP contribution in [0.3, 0.4) is 0 Å². The molecule has 1 aromatic heterocycles. The Labute approximate surface area is 45.9 Å². The molecule has 0 radical (unpaired) electrons. The molecule has 0 aliphatic heterocycles. The fraction of sp³-hybridized carbons (Fsp3) is 0. The first-order valence-corrected chi connectivity index (χ1v) is 2.80. The van der Waals surface area contributed by atoms with Crippen LogP contribution in [0, 0.1) is 0 Å². The molecule has 0 aromatic carbocycles. The van der Waals surface area contributed by atoms with Crippen molar-refractivity contribution in [2.24, 2.45) is 0 Å². The average Bonchev–Trinajstić information content (AvgIpc) is 1.86. The number of rotatable bonds is 0. The SMILES string of the molecule is [Os][c]1ncc[nH]1. The van der Waals surface area contributed by atoms with Crippen LogP contribution in [-0.2, 0) is 18.6 Å². The van der Waals surface area contributed by atoms with E-state index in [4.69, 9.17) is 0 Å². The number of aromatic amines is 1. The normalized spacial score (nSPS) is 8.83. The average molecular weight is 257 g/mol. The summed E-state index contributed by atoms with van der Waals surface area (Å²) in [4.78, 5) is 6.77. The molecule has 1 aromatic rings. The molecule has 0 fully saturated rings. The molecule has 3 heteroatoms. The van der Waals surface area contributed by atoms with Gasteiger partial charge in [-0.25, -0.2) is 0 Å². The van der Waals surface area contributed by atoms with Crippen LogP contribution in [0.4, 0.5) is 0 Å². The zero-order valence-electron chi connectivity index (χ0n) is 2.96. The maximum absolute atomic E-state index is 3.87. The summed E-state index contributed by atoms with van der Waals surface area (Å²) < 4.78 is 0.995. The van der Waals surface area contributed by atoms with Gasteiger partial charge in [-0.15, -0.1) is 0 Å². The van der Waals surface area contributed by atoms with Crippen LogP contribution in [0.25, 0.3) is 0 Å². The molecular formula is C3H3N2Os. The fourth-order valence-electron chi connectivity index (χ4n) is 0.242. The Morgan fingerprint density at radius 2 is 2.67 bits per heavy atom. The number of nitrogens with zero attached hydrogens (tertiary/aromatic N) is 1. The number of aromatic nitrogens is 2. The zero-order chi connectivity index (χ0) is 4.41. The molecule has 1 N–H and O–H groups in total. The summed E-state index contributed by atoms with van der Waals surface area (Å²) >= 11 is 1.74. The Morgan fingerprint density at radius 3 is 2.83 bits per heavy atom. The molecule has 6 heavy (non-hydrogen) atoms. The van der Waals surface area contributed by atoms with Gasteiger partial charge in [0.15, 0.2) is 0 Å². The summed E-state index contributed by atoms with van der Waals surface area (Å²) in [6.07, 6.45) is 3.55. The van der Waals surface area contributed by atoms with Gasteiger partial charge < -0.3 is 0 Å². The van der Waals surface area contributed by atoms with Crippen LogP contribution >= 0.6 is 0 Å². The summed E-state index contributed by atoms with van der Waals surface area (Å²) in [5.41, 5.74) is 0. The first-order valence-electron chi connectivity index (χ1n) is 1.53. The Morgan fingerprint density at radius 1 is 1.83 bits per heavy atom. The van der Waals surface area contributed by atoms with Crippen molar-refractivity contribution in [1.82, 2.24) is 9.97 Å². The van der Waals surface area contributed by atoms with E-state index in [1.54, 1.807) is 24.8 Å². The first kappa shape index (κ1) is 4.02. The van der Waals surface area contributed by atoms with Crippen molar-refractivity contribution in [3.05, 3.63) is 12.4 Å². The summed E-state index contributed by atoms with van der Waals surface area (Å²) in [6.45, 7) is 0. The summed E-state index contributed by atoms with van der Waals surface area (Å²) in [7, 11) is 0. The number of imidazole rings is 1. The van der Waals surface area contributed by atoms with Crippen molar-refractivity contribution >= 4 is 4.38 Å². The van der Waals surface area contributed by atoms with Crippen molar-refractivity contribution in [1.29, 1.82) is 0 Å². The minimum atomic E-state index is 0.995. The molecule has 0 saturated carbocycles. The summed E-state index contributed by atoms with van der Waals surface area (Å²) in [6, 6.07) is 0. The standard InChI is InChI=1S/C3H3N2.Os/c1-2-5-3-4-1;/h1-2H,(H,4,5);. The van der Waals surface area contributed by atoms with Gasteiger partial charge >= 0.3 is 45.3 Å². The second-order valence-corrected chi connectivity index (χ2v) is 2.07. The van der Waals surface area contributed by atoms with E-state index in [0.717, 1.165) is 4.38 Å². The topological polar surface area (TPSA) is 28.7 Å². The Bertz CT molecular complexity index is 112. The summed E-state index contributed by atoms with van der Waals surface area (Å²) in [5.74, 6) is 0. The van der Waals surface area contributed by atoms with Crippen LogP contribution in [0.1, 0.15) is 0 Å². The number of hydrogen-bond acceptors (Lipinski definition) is 1. The van der Waals surface area contributed by atoms with Gasteiger partial charge in [-0.05, 0) is 0 Å². The van der Waals surface area contributed by atoms with Gasteiger partial charge in [0.1, 0.15) is 0 Å². The van der Waals surface area contributed by atoms with Crippen molar-refractivity contribution in [2.45, 2.75) is 0 Å². The minimum absolute atomic E-state index is 0.995. The van der Waals surface area contributed by atoms with Gasteiger partial charge in [-0.1, -0.05) is 0 Å². The number of nitrogens with one attached hydrogen (secondary N) is 1. The van der Waals surface area contributed by atoms with E-state index in [1.807, 2.05) is 6.20 Å². The predicted octanol–water partition coefficient (Wildman–Crippen LogP) is -0.418. The second-order valence-electron chi connectivity index (χ2n) is 0.868. The van der Waals surface area contributed by atoms with E-state index in [1.165, 1.54) is 0 Å². The third kappa shape index (κ3) is 0.665. The Kier molecular flexibility index (Phi) is 1.02. The van der Waals surface area contributed by atoms with E-state index in [9.17, 15) is 0 Å². The van der Waals surface area contributed by atoms with Crippen LogP contribution in [-0.4, -0.2) is 9.97 Å².